The molecule has 0 radical (unpaired) electrons. The number of hydrogen-bond acceptors (Lipinski definition) is 7. The van der Waals surface area contributed by atoms with Gasteiger partial charge in [-0.3, -0.25) is 0 Å². The molecule has 23 heavy (non-hydrogen) atoms. The molecule has 1 aromatic heterocycles. The molecule has 1 saturated heterocycles. The van der Waals surface area contributed by atoms with E-state index in [2.05, 4.69) is 9.98 Å². The van der Waals surface area contributed by atoms with E-state index in [0.29, 0.717) is 41.0 Å². The van der Waals surface area contributed by atoms with Crippen LogP contribution in [0.2, 0.25) is 0 Å². The zero-order valence-electron chi connectivity index (χ0n) is 12.2. The highest BCUT2D eigenvalue weighted by atomic mass is 32.1. The van der Waals surface area contributed by atoms with Gasteiger partial charge in [-0.1, -0.05) is 23.5 Å². The fraction of sp³-hybridized carbons (Fsp3) is 0.267. The summed E-state index contributed by atoms with van der Waals surface area (Å²) in [6.07, 6.45) is 1.77. The molecule has 4 rings (SSSR count). The van der Waals surface area contributed by atoms with E-state index < -0.39 is 0 Å². The lowest BCUT2D eigenvalue weighted by Crippen LogP contribution is -2.43. The van der Waals surface area contributed by atoms with Gasteiger partial charge < -0.3 is 14.9 Å². The third-order valence-corrected chi connectivity index (χ3v) is 4.96. The molecule has 2 aromatic rings. The third-order valence-electron chi connectivity index (χ3n) is 3.67. The molecule has 0 aliphatic carbocycles. The summed E-state index contributed by atoms with van der Waals surface area (Å²) >= 11 is 6.75. The van der Waals surface area contributed by atoms with Crippen molar-refractivity contribution in [3.05, 3.63) is 49.6 Å². The predicted octanol–water partition coefficient (Wildman–Crippen LogP) is 1.20. The van der Waals surface area contributed by atoms with Crippen molar-refractivity contribution in [3.63, 3.8) is 0 Å². The monoisotopic (exact) mass is 346 g/mol. The first kappa shape index (κ1) is 14.6. The van der Waals surface area contributed by atoms with Crippen LogP contribution in [0.15, 0.2) is 40.1 Å². The van der Waals surface area contributed by atoms with Crippen LogP contribution in [0.3, 0.4) is 0 Å². The van der Waals surface area contributed by atoms with Gasteiger partial charge in [0.25, 0.3) is 0 Å². The number of hydrogen-bond donors (Lipinski definition) is 1. The molecular formula is C15H14N4O2S2. The number of benzene rings is 1. The van der Waals surface area contributed by atoms with Crippen molar-refractivity contribution in [2.45, 2.75) is 0 Å². The number of thiazole rings is 1. The van der Waals surface area contributed by atoms with Crippen molar-refractivity contribution >= 4 is 29.6 Å². The normalized spacial score (nSPS) is 16.7. The van der Waals surface area contributed by atoms with Gasteiger partial charge in [0, 0.05) is 6.08 Å². The van der Waals surface area contributed by atoms with E-state index in [1.54, 1.807) is 10.8 Å². The summed E-state index contributed by atoms with van der Waals surface area (Å²) in [5.41, 5.74) is 0. The molecule has 6 nitrogen and oxygen atoms in total. The Hall–Kier alpha value is -2.03. The van der Waals surface area contributed by atoms with Gasteiger partial charge in [-0.2, -0.15) is 0 Å². The van der Waals surface area contributed by atoms with E-state index in [1.165, 1.54) is 11.3 Å². The maximum absolute atomic E-state index is 10.5. The maximum Gasteiger partial charge on any atom is 0.230 e. The summed E-state index contributed by atoms with van der Waals surface area (Å²) in [7, 11) is 0. The van der Waals surface area contributed by atoms with E-state index in [4.69, 9.17) is 17.0 Å². The van der Waals surface area contributed by atoms with Crippen molar-refractivity contribution in [2.75, 3.05) is 31.3 Å². The number of para-hydroxylation sites is 2. The lowest BCUT2D eigenvalue weighted by Gasteiger charge is -2.29. The Labute approximate surface area is 141 Å². The SMILES string of the molecule is Oc1c(C=C2N=c3ccccc3=N2)sc(=S)n1N1CCOCC1. The molecule has 1 fully saturated rings. The molecule has 8 heteroatoms. The van der Waals surface area contributed by atoms with Gasteiger partial charge >= 0.3 is 0 Å². The van der Waals surface area contributed by atoms with Crippen LogP contribution in [0.4, 0.5) is 0 Å². The maximum atomic E-state index is 10.5. The second kappa shape index (κ2) is 5.88. The quantitative estimate of drug-likeness (QED) is 0.830. The second-order valence-electron chi connectivity index (χ2n) is 5.15. The number of fused-ring (bicyclic) bond motifs is 1. The molecule has 118 valence electrons. The minimum atomic E-state index is 0.135. The molecule has 0 unspecified atom stereocenters. The Morgan fingerprint density at radius 3 is 2.48 bits per heavy atom. The van der Waals surface area contributed by atoms with Crippen molar-refractivity contribution < 1.29 is 9.84 Å². The fourth-order valence-electron chi connectivity index (χ4n) is 2.58. The molecule has 1 N–H and O–H groups in total. The topological polar surface area (TPSA) is 62.4 Å². The first-order valence-electron chi connectivity index (χ1n) is 7.24. The molecule has 1 aromatic carbocycles. The van der Waals surface area contributed by atoms with Crippen LogP contribution in [0, 0.1) is 3.95 Å². The van der Waals surface area contributed by atoms with Crippen LogP contribution in [-0.2, 0) is 4.74 Å². The first-order chi connectivity index (χ1) is 11.2. The summed E-state index contributed by atoms with van der Waals surface area (Å²) in [4.78, 5) is 9.57. The van der Waals surface area contributed by atoms with Gasteiger partial charge in [0.15, 0.2) is 9.78 Å². The molecule has 0 amide bonds. The van der Waals surface area contributed by atoms with Crippen molar-refractivity contribution in [1.82, 2.24) is 4.68 Å². The van der Waals surface area contributed by atoms with Crippen LogP contribution in [0.1, 0.15) is 4.88 Å². The minimum Gasteiger partial charge on any atom is -0.492 e. The highest BCUT2D eigenvalue weighted by Gasteiger charge is 2.19. The molecule has 2 aliphatic rings. The first-order valence-corrected chi connectivity index (χ1v) is 8.47. The van der Waals surface area contributed by atoms with Gasteiger partial charge in [-0.05, 0) is 24.4 Å². The Balaban J connectivity index is 1.73. The second-order valence-corrected chi connectivity index (χ2v) is 6.82. The fourth-order valence-corrected chi connectivity index (χ4v) is 3.87. The summed E-state index contributed by atoms with van der Waals surface area (Å²) in [5.74, 6) is 0.711. The van der Waals surface area contributed by atoms with Gasteiger partial charge in [0.1, 0.15) is 0 Å². The molecule has 0 spiro atoms. The Kier molecular flexibility index (Phi) is 3.72. The highest BCUT2D eigenvalue weighted by molar-refractivity contribution is 7.73. The van der Waals surface area contributed by atoms with E-state index in [1.807, 2.05) is 29.3 Å². The van der Waals surface area contributed by atoms with Gasteiger partial charge in [-0.15, -0.1) is 0 Å². The number of rotatable bonds is 2. The van der Waals surface area contributed by atoms with Gasteiger partial charge in [0.2, 0.25) is 5.88 Å². The lowest BCUT2D eigenvalue weighted by molar-refractivity contribution is 0.109. The Morgan fingerprint density at radius 1 is 1.17 bits per heavy atom. The van der Waals surface area contributed by atoms with Crippen molar-refractivity contribution in [2.24, 2.45) is 9.98 Å². The number of nitrogens with zero attached hydrogens (tertiary/aromatic N) is 4. The van der Waals surface area contributed by atoms with Crippen molar-refractivity contribution in [3.8, 4) is 5.88 Å². The molecule has 0 saturated carbocycles. The van der Waals surface area contributed by atoms with Crippen LogP contribution in [0.25, 0.3) is 6.08 Å². The Morgan fingerprint density at radius 2 is 1.83 bits per heavy atom. The number of aromatic hydroxyl groups is 1. The lowest BCUT2D eigenvalue weighted by atomic mass is 10.3. The molecule has 3 heterocycles. The van der Waals surface area contributed by atoms with Gasteiger partial charge in [-0.25, -0.2) is 14.7 Å². The number of aromatic nitrogens is 1. The highest BCUT2D eigenvalue weighted by Crippen LogP contribution is 2.29. The molecular weight excluding hydrogens is 332 g/mol. The summed E-state index contributed by atoms with van der Waals surface area (Å²) in [6, 6.07) is 7.69. The number of morpholine rings is 1. The average molecular weight is 346 g/mol. The van der Waals surface area contributed by atoms with Crippen LogP contribution >= 0.6 is 23.6 Å². The zero-order valence-corrected chi connectivity index (χ0v) is 13.8. The van der Waals surface area contributed by atoms with Gasteiger partial charge in [0.05, 0.1) is 41.9 Å². The van der Waals surface area contributed by atoms with Crippen LogP contribution in [0.5, 0.6) is 5.88 Å². The molecule has 2 aliphatic heterocycles. The average Bonchev–Trinajstić information content (AvgIpc) is 3.09. The summed E-state index contributed by atoms with van der Waals surface area (Å²) < 4.78 is 7.62. The standard InChI is InChI=1S/C15H14N4O2S2/c20-14-12(9-13-16-10-3-1-2-4-11(10)17-13)23-15(22)19(14)18-5-7-21-8-6-18/h1-4,9,20H,5-8H2. The third kappa shape index (κ3) is 2.69. The van der Waals surface area contributed by atoms with Crippen molar-refractivity contribution in [1.29, 1.82) is 0 Å². The molecule has 0 bridgehead atoms. The van der Waals surface area contributed by atoms with E-state index >= 15 is 0 Å². The molecule has 0 atom stereocenters. The van der Waals surface area contributed by atoms with Crippen LogP contribution in [-0.4, -0.2) is 36.1 Å². The van der Waals surface area contributed by atoms with Crippen LogP contribution < -0.4 is 15.7 Å². The minimum absolute atomic E-state index is 0.135. The predicted molar refractivity (Wildman–Crippen MR) is 90.3 cm³/mol. The number of ether oxygens (including phenoxy) is 1. The Bertz CT molecular complexity index is 918. The summed E-state index contributed by atoms with van der Waals surface area (Å²) in [6.45, 7) is 2.67. The smallest absolute Gasteiger partial charge is 0.230 e. The van der Waals surface area contributed by atoms with E-state index in [9.17, 15) is 5.11 Å². The summed E-state index contributed by atoms with van der Waals surface area (Å²) in [5, 5.41) is 14.2. The van der Waals surface area contributed by atoms with E-state index in [-0.39, 0.29) is 5.88 Å². The van der Waals surface area contributed by atoms with E-state index in [0.717, 1.165) is 10.7 Å². The zero-order chi connectivity index (χ0) is 15.8. The largest absolute Gasteiger partial charge is 0.492 e.